The SMILES string of the molecule is CCN(C(N)=O)c1cc(OCCON)c2ccccc2n1. The summed E-state index contributed by atoms with van der Waals surface area (Å²) < 4.78 is 5.65. The van der Waals surface area contributed by atoms with Crippen molar-refractivity contribution in [3.63, 3.8) is 0 Å². The minimum atomic E-state index is -0.559. The molecule has 0 radical (unpaired) electrons. The highest BCUT2D eigenvalue weighted by molar-refractivity contribution is 5.93. The second-order valence-electron chi connectivity index (χ2n) is 4.30. The van der Waals surface area contributed by atoms with Crippen LogP contribution < -0.4 is 21.3 Å². The van der Waals surface area contributed by atoms with Crippen LogP contribution in [-0.2, 0) is 4.84 Å². The monoisotopic (exact) mass is 290 g/mol. The number of anilines is 1. The highest BCUT2D eigenvalue weighted by atomic mass is 16.6. The number of nitrogens with two attached hydrogens (primary N) is 2. The maximum absolute atomic E-state index is 11.5. The van der Waals surface area contributed by atoms with E-state index in [0.717, 1.165) is 10.9 Å². The van der Waals surface area contributed by atoms with Crippen LogP contribution in [0.15, 0.2) is 30.3 Å². The zero-order valence-corrected chi connectivity index (χ0v) is 11.8. The number of amides is 2. The van der Waals surface area contributed by atoms with Gasteiger partial charge in [0.15, 0.2) is 0 Å². The van der Waals surface area contributed by atoms with Crippen molar-refractivity contribution in [2.24, 2.45) is 11.6 Å². The number of ether oxygens (including phenoxy) is 1. The van der Waals surface area contributed by atoms with E-state index in [2.05, 4.69) is 9.82 Å². The summed E-state index contributed by atoms with van der Waals surface area (Å²) in [4.78, 5) is 21.8. The number of pyridine rings is 1. The van der Waals surface area contributed by atoms with Crippen molar-refractivity contribution in [1.82, 2.24) is 4.98 Å². The molecule has 0 spiro atoms. The number of hydrogen-bond acceptors (Lipinski definition) is 5. The molecule has 112 valence electrons. The lowest BCUT2D eigenvalue weighted by molar-refractivity contribution is 0.102. The first-order chi connectivity index (χ1) is 10.2. The average Bonchev–Trinajstić information content (AvgIpc) is 2.48. The molecule has 0 atom stereocenters. The van der Waals surface area contributed by atoms with Crippen LogP contribution in [0.2, 0.25) is 0 Å². The largest absolute Gasteiger partial charge is 0.490 e. The van der Waals surface area contributed by atoms with Crippen LogP contribution in [0.25, 0.3) is 10.9 Å². The van der Waals surface area contributed by atoms with E-state index in [1.54, 1.807) is 6.07 Å². The van der Waals surface area contributed by atoms with Crippen molar-refractivity contribution in [2.45, 2.75) is 6.92 Å². The number of nitrogens with zero attached hydrogens (tertiary/aromatic N) is 2. The minimum Gasteiger partial charge on any atom is -0.490 e. The molecule has 2 amide bonds. The van der Waals surface area contributed by atoms with Gasteiger partial charge in [-0.05, 0) is 19.1 Å². The Morgan fingerprint density at radius 3 is 2.76 bits per heavy atom. The summed E-state index contributed by atoms with van der Waals surface area (Å²) in [5, 5.41) is 0.846. The normalized spacial score (nSPS) is 10.6. The first-order valence-corrected chi connectivity index (χ1v) is 6.58. The topological polar surface area (TPSA) is 104 Å². The fraction of sp³-hybridized carbons (Fsp3) is 0.286. The molecule has 0 aliphatic heterocycles. The van der Waals surface area contributed by atoms with Crippen LogP contribution in [0.3, 0.4) is 0 Å². The molecule has 7 nitrogen and oxygen atoms in total. The zero-order valence-electron chi connectivity index (χ0n) is 11.8. The summed E-state index contributed by atoms with van der Waals surface area (Å²) in [6.45, 7) is 2.81. The van der Waals surface area contributed by atoms with Crippen molar-refractivity contribution in [1.29, 1.82) is 0 Å². The molecule has 1 heterocycles. The van der Waals surface area contributed by atoms with Crippen LogP contribution in [0.5, 0.6) is 5.75 Å². The number of hydrogen-bond donors (Lipinski definition) is 2. The number of urea groups is 1. The Kier molecular flexibility index (Phi) is 4.91. The second-order valence-corrected chi connectivity index (χ2v) is 4.30. The van der Waals surface area contributed by atoms with Gasteiger partial charge in [-0.1, -0.05) is 12.1 Å². The van der Waals surface area contributed by atoms with Gasteiger partial charge in [0, 0.05) is 18.0 Å². The maximum Gasteiger partial charge on any atom is 0.320 e. The predicted molar refractivity (Wildman–Crippen MR) is 80.0 cm³/mol. The molecule has 1 aromatic heterocycles. The second kappa shape index (κ2) is 6.87. The van der Waals surface area contributed by atoms with Crippen LogP contribution in [0.1, 0.15) is 6.92 Å². The van der Waals surface area contributed by atoms with E-state index in [4.69, 9.17) is 16.4 Å². The molecule has 2 aromatic rings. The summed E-state index contributed by atoms with van der Waals surface area (Å²) >= 11 is 0. The van der Waals surface area contributed by atoms with Gasteiger partial charge in [-0.15, -0.1) is 0 Å². The van der Waals surface area contributed by atoms with Crippen LogP contribution >= 0.6 is 0 Å². The molecule has 0 bridgehead atoms. The molecule has 0 fully saturated rings. The summed E-state index contributed by atoms with van der Waals surface area (Å²) in [6.07, 6.45) is 0. The molecule has 4 N–H and O–H groups in total. The van der Waals surface area contributed by atoms with E-state index in [0.29, 0.717) is 24.7 Å². The van der Waals surface area contributed by atoms with Crippen molar-refractivity contribution >= 4 is 22.8 Å². The summed E-state index contributed by atoms with van der Waals surface area (Å²) in [6, 6.07) is 8.63. The standard InChI is InChI=1S/C14H18N4O3/c1-2-18(14(15)19)13-9-12(20-7-8-21-16)10-5-3-4-6-11(10)17-13/h3-6,9H,2,7-8,16H2,1H3,(H2,15,19). The highest BCUT2D eigenvalue weighted by Crippen LogP contribution is 2.29. The van der Waals surface area contributed by atoms with Gasteiger partial charge in [0.05, 0.1) is 5.52 Å². The van der Waals surface area contributed by atoms with Crippen molar-refractivity contribution in [3.8, 4) is 5.75 Å². The Labute approximate surface area is 122 Å². The molecule has 0 saturated heterocycles. The van der Waals surface area contributed by atoms with Crippen molar-refractivity contribution in [3.05, 3.63) is 30.3 Å². The lowest BCUT2D eigenvalue weighted by Crippen LogP contribution is -2.36. The maximum atomic E-state index is 11.5. The summed E-state index contributed by atoms with van der Waals surface area (Å²) in [5.74, 6) is 6.04. The van der Waals surface area contributed by atoms with E-state index in [1.165, 1.54) is 4.90 Å². The Morgan fingerprint density at radius 1 is 1.33 bits per heavy atom. The fourth-order valence-corrected chi connectivity index (χ4v) is 2.02. The number of rotatable bonds is 6. The molecular formula is C14H18N4O3. The van der Waals surface area contributed by atoms with Crippen molar-refractivity contribution < 1.29 is 14.4 Å². The first-order valence-electron chi connectivity index (χ1n) is 6.58. The summed E-state index contributed by atoms with van der Waals surface area (Å²) in [7, 11) is 0. The lowest BCUT2D eigenvalue weighted by Gasteiger charge is -2.19. The van der Waals surface area contributed by atoms with E-state index in [1.807, 2.05) is 31.2 Å². The van der Waals surface area contributed by atoms with Crippen LogP contribution in [-0.4, -0.2) is 30.8 Å². The van der Waals surface area contributed by atoms with Crippen LogP contribution in [0, 0.1) is 0 Å². The number of primary amides is 1. The van der Waals surface area contributed by atoms with Gasteiger partial charge in [0.25, 0.3) is 0 Å². The number of aromatic nitrogens is 1. The van der Waals surface area contributed by atoms with Gasteiger partial charge >= 0.3 is 6.03 Å². The van der Waals surface area contributed by atoms with E-state index in [-0.39, 0.29) is 6.61 Å². The molecule has 0 aliphatic rings. The van der Waals surface area contributed by atoms with Gasteiger partial charge in [0.1, 0.15) is 24.8 Å². The molecule has 2 rings (SSSR count). The van der Waals surface area contributed by atoms with Gasteiger partial charge in [0.2, 0.25) is 0 Å². The third kappa shape index (κ3) is 3.39. The lowest BCUT2D eigenvalue weighted by atomic mass is 10.2. The molecule has 21 heavy (non-hydrogen) atoms. The predicted octanol–water partition coefficient (Wildman–Crippen LogP) is 1.41. The average molecular weight is 290 g/mol. The van der Waals surface area contributed by atoms with Crippen molar-refractivity contribution in [2.75, 3.05) is 24.7 Å². The minimum absolute atomic E-state index is 0.263. The third-order valence-electron chi connectivity index (χ3n) is 2.98. The van der Waals surface area contributed by atoms with E-state index < -0.39 is 6.03 Å². The van der Waals surface area contributed by atoms with Crippen LogP contribution in [0.4, 0.5) is 10.6 Å². The molecule has 1 aromatic carbocycles. The van der Waals surface area contributed by atoms with Gasteiger partial charge in [-0.2, -0.15) is 0 Å². The third-order valence-corrected chi connectivity index (χ3v) is 2.98. The highest BCUT2D eigenvalue weighted by Gasteiger charge is 2.15. The molecule has 0 saturated carbocycles. The van der Waals surface area contributed by atoms with E-state index >= 15 is 0 Å². The van der Waals surface area contributed by atoms with E-state index in [9.17, 15) is 4.79 Å². The molecule has 0 unspecified atom stereocenters. The number of benzene rings is 1. The molecule has 0 aliphatic carbocycles. The first kappa shape index (κ1) is 15.0. The Hall–Kier alpha value is -2.38. The quantitative estimate of drug-likeness (QED) is 0.618. The Morgan fingerprint density at radius 2 is 2.10 bits per heavy atom. The number of para-hydroxylation sites is 1. The Balaban J connectivity index is 2.45. The number of fused-ring (bicyclic) bond motifs is 1. The molecule has 7 heteroatoms. The summed E-state index contributed by atoms with van der Waals surface area (Å²) in [5.41, 5.74) is 6.09. The van der Waals surface area contributed by atoms with Gasteiger partial charge in [-0.3, -0.25) is 4.90 Å². The number of carbonyl (C=O) groups is 1. The molecular weight excluding hydrogens is 272 g/mol. The smallest absolute Gasteiger partial charge is 0.320 e. The number of carbonyl (C=O) groups excluding carboxylic acids is 1. The van der Waals surface area contributed by atoms with Gasteiger partial charge < -0.3 is 15.3 Å². The zero-order chi connectivity index (χ0) is 15.2. The van der Waals surface area contributed by atoms with Gasteiger partial charge in [-0.25, -0.2) is 15.7 Å². The Bertz CT molecular complexity index is 633. The fourth-order valence-electron chi connectivity index (χ4n) is 2.02.